The number of nitrogens with zero attached hydrogens (tertiary/aromatic N) is 1. The molecule has 1 heterocycles. The van der Waals surface area contributed by atoms with Gasteiger partial charge < -0.3 is 14.6 Å². The van der Waals surface area contributed by atoms with Gasteiger partial charge in [0.1, 0.15) is 0 Å². The number of carbonyl (C=O) groups is 2. The molecule has 13 heavy (non-hydrogen) atoms. The average molecular weight is 204 g/mol. The summed E-state index contributed by atoms with van der Waals surface area (Å²) in [5.74, 6) is -0.489. The average Bonchev–Trinajstić information content (AvgIpc) is 2.52. The third-order valence-corrected chi connectivity index (χ3v) is 2.67. The minimum Gasteiger partial charge on any atom is -0.548 e. The molecule has 1 fully saturated rings. The highest BCUT2D eigenvalue weighted by atomic mass is 32.2. The van der Waals surface area contributed by atoms with Crippen molar-refractivity contribution < 1.29 is 19.4 Å². The van der Waals surface area contributed by atoms with E-state index in [9.17, 15) is 14.7 Å². The Labute approximate surface area is 80.0 Å². The van der Waals surface area contributed by atoms with Crippen LogP contribution in [0.3, 0.4) is 0 Å². The SMILES string of the molecule is CCOC(=O)N1CSC[C@@H]1C(=O)[O-]. The van der Waals surface area contributed by atoms with Gasteiger partial charge in [-0.15, -0.1) is 11.8 Å². The Balaban J connectivity index is 2.57. The molecule has 1 aliphatic rings. The molecular weight excluding hydrogens is 194 g/mol. The fraction of sp³-hybridized carbons (Fsp3) is 0.714. The standard InChI is InChI=1S/C7H11NO4S/c1-2-12-7(11)8-4-13-3-5(8)6(9)10/h5H,2-4H2,1H3,(H,9,10)/p-1/t5-/m1/s1. The number of carbonyl (C=O) groups excluding carboxylic acids is 2. The maximum absolute atomic E-state index is 11.2. The van der Waals surface area contributed by atoms with Crippen LogP contribution in [0.5, 0.6) is 0 Å². The van der Waals surface area contributed by atoms with Crippen molar-refractivity contribution in [3.63, 3.8) is 0 Å². The molecule has 1 saturated heterocycles. The molecule has 0 unspecified atom stereocenters. The fourth-order valence-corrected chi connectivity index (χ4v) is 2.15. The van der Waals surface area contributed by atoms with E-state index in [1.807, 2.05) is 0 Å². The molecule has 1 aliphatic heterocycles. The van der Waals surface area contributed by atoms with Crippen LogP contribution >= 0.6 is 11.8 Å². The molecule has 6 heteroatoms. The Bertz CT molecular complexity index is 221. The first-order valence-electron chi connectivity index (χ1n) is 3.88. The van der Waals surface area contributed by atoms with Crippen LogP contribution in [-0.2, 0) is 9.53 Å². The second-order valence-corrected chi connectivity index (χ2v) is 3.50. The third kappa shape index (κ3) is 2.27. The lowest BCUT2D eigenvalue weighted by Crippen LogP contribution is -2.48. The van der Waals surface area contributed by atoms with E-state index in [1.54, 1.807) is 6.92 Å². The van der Waals surface area contributed by atoms with Gasteiger partial charge in [-0.3, -0.25) is 4.90 Å². The van der Waals surface area contributed by atoms with E-state index in [0.717, 1.165) is 0 Å². The van der Waals surface area contributed by atoms with Crippen molar-refractivity contribution in [2.45, 2.75) is 13.0 Å². The number of rotatable bonds is 2. The van der Waals surface area contributed by atoms with Crippen molar-refractivity contribution in [3.8, 4) is 0 Å². The van der Waals surface area contributed by atoms with Gasteiger partial charge in [-0.05, 0) is 6.92 Å². The van der Waals surface area contributed by atoms with E-state index < -0.39 is 18.1 Å². The highest BCUT2D eigenvalue weighted by Gasteiger charge is 2.30. The molecule has 0 N–H and O–H groups in total. The zero-order chi connectivity index (χ0) is 9.84. The summed E-state index contributed by atoms with van der Waals surface area (Å²) in [7, 11) is 0. The van der Waals surface area contributed by atoms with E-state index in [-0.39, 0.29) is 6.61 Å². The lowest BCUT2D eigenvalue weighted by molar-refractivity contribution is -0.309. The topological polar surface area (TPSA) is 69.7 Å². The third-order valence-electron chi connectivity index (χ3n) is 1.66. The number of ether oxygens (including phenoxy) is 1. The van der Waals surface area contributed by atoms with Crippen LogP contribution in [0.4, 0.5) is 4.79 Å². The predicted octanol–water partition coefficient (Wildman–Crippen LogP) is -0.732. The summed E-state index contributed by atoms with van der Waals surface area (Å²) in [5.41, 5.74) is 0. The molecule has 0 aliphatic carbocycles. The summed E-state index contributed by atoms with van der Waals surface area (Å²) < 4.78 is 4.69. The number of aliphatic carboxylic acids is 1. The summed E-state index contributed by atoms with van der Waals surface area (Å²) in [6.07, 6.45) is -0.582. The zero-order valence-electron chi connectivity index (χ0n) is 7.19. The van der Waals surface area contributed by atoms with E-state index in [2.05, 4.69) is 4.74 Å². The van der Waals surface area contributed by atoms with Crippen molar-refractivity contribution >= 4 is 23.8 Å². The van der Waals surface area contributed by atoms with Gasteiger partial charge in [0, 0.05) is 5.75 Å². The highest BCUT2D eigenvalue weighted by molar-refractivity contribution is 7.99. The number of hydrogen-bond acceptors (Lipinski definition) is 5. The van der Waals surface area contributed by atoms with Gasteiger partial charge in [0.15, 0.2) is 0 Å². The molecule has 0 aromatic rings. The molecule has 74 valence electrons. The second kappa shape index (κ2) is 4.36. The summed E-state index contributed by atoms with van der Waals surface area (Å²) in [5, 5.41) is 10.5. The number of amides is 1. The van der Waals surface area contributed by atoms with Crippen LogP contribution in [0, 0.1) is 0 Å². The van der Waals surface area contributed by atoms with Crippen LogP contribution in [0.25, 0.3) is 0 Å². The Morgan fingerprint density at radius 2 is 2.38 bits per heavy atom. The Morgan fingerprint density at radius 3 is 2.92 bits per heavy atom. The summed E-state index contributed by atoms with van der Waals surface area (Å²) in [4.78, 5) is 22.9. The van der Waals surface area contributed by atoms with E-state index in [0.29, 0.717) is 11.6 Å². The van der Waals surface area contributed by atoms with Crippen LogP contribution < -0.4 is 5.11 Å². The molecule has 5 nitrogen and oxygen atoms in total. The van der Waals surface area contributed by atoms with Crippen LogP contribution in [0.1, 0.15) is 6.92 Å². The van der Waals surface area contributed by atoms with Gasteiger partial charge in [-0.25, -0.2) is 4.79 Å². The van der Waals surface area contributed by atoms with Gasteiger partial charge in [0.05, 0.1) is 24.5 Å². The van der Waals surface area contributed by atoms with Gasteiger partial charge >= 0.3 is 6.09 Å². The summed E-state index contributed by atoms with van der Waals surface area (Å²) >= 11 is 1.38. The molecule has 0 spiro atoms. The lowest BCUT2D eigenvalue weighted by atomic mass is 10.3. The molecule has 1 amide bonds. The monoisotopic (exact) mass is 204 g/mol. The Hall–Kier alpha value is -0.910. The molecule has 0 bridgehead atoms. The second-order valence-electron chi connectivity index (χ2n) is 2.50. The van der Waals surface area contributed by atoms with Crippen molar-refractivity contribution in [2.24, 2.45) is 0 Å². The minimum absolute atomic E-state index is 0.250. The molecule has 0 radical (unpaired) electrons. The molecule has 0 aromatic heterocycles. The Kier molecular flexibility index (Phi) is 3.41. The van der Waals surface area contributed by atoms with Gasteiger partial charge in [0.25, 0.3) is 0 Å². The summed E-state index contributed by atoms with van der Waals surface area (Å²) in [6.45, 7) is 1.93. The van der Waals surface area contributed by atoms with E-state index >= 15 is 0 Å². The quantitative estimate of drug-likeness (QED) is 0.593. The summed E-state index contributed by atoms with van der Waals surface area (Å²) in [6, 6.07) is -0.843. The largest absolute Gasteiger partial charge is 0.548 e. The van der Waals surface area contributed by atoms with Gasteiger partial charge in [-0.1, -0.05) is 0 Å². The first-order valence-corrected chi connectivity index (χ1v) is 5.04. The van der Waals surface area contributed by atoms with E-state index in [1.165, 1.54) is 16.7 Å². The number of carboxylic acid groups (broad SMARTS) is 1. The highest BCUT2D eigenvalue weighted by Crippen LogP contribution is 2.20. The zero-order valence-corrected chi connectivity index (χ0v) is 8.00. The molecule has 1 atom stereocenters. The minimum atomic E-state index is -1.22. The molecular formula is C7H10NO4S-. The number of hydrogen-bond donors (Lipinski definition) is 0. The first kappa shape index (κ1) is 10.2. The number of carboxylic acids is 1. The van der Waals surface area contributed by atoms with Crippen LogP contribution in [0.2, 0.25) is 0 Å². The van der Waals surface area contributed by atoms with Gasteiger partial charge in [-0.2, -0.15) is 0 Å². The van der Waals surface area contributed by atoms with Crippen molar-refractivity contribution in [3.05, 3.63) is 0 Å². The smallest absolute Gasteiger partial charge is 0.411 e. The molecule has 1 rings (SSSR count). The van der Waals surface area contributed by atoms with E-state index in [4.69, 9.17) is 0 Å². The van der Waals surface area contributed by atoms with Crippen LogP contribution in [-0.4, -0.2) is 41.2 Å². The maximum atomic E-state index is 11.2. The maximum Gasteiger partial charge on any atom is 0.411 e. The van der Waals surface area contributed by atoms with Crippen molar-refractivity contribution in [1.82, 2.24) is 4.90 Å². The predicted molar refractivity (Wildman–Crippen MR) is 45.0 cm³/mol. The fourth-order valence-electron chi connectivity index (χ4n) is 1.02. The normalized spacial score (nSPS) is 21.6. The van der Waals surface area contributed by atoms with Crippen molar-refractivity contribution in [1.29, 1.82) is 0 Å². The first-order chi connectivity index (χ1) is 6.16. The van der Waals surface area contributed by atoms with Crippen LogP contribution in [0.15, 0.2) is 0 Å². The van der Waals surface area contributed by atoms with Gasteiger partial charge in [0.2, 0.25) is 0 Å². The molecule has 0 saturated carbocycles. The lowest BCUT2D eigenvalue weighted by Gasteiger charge is -2.23. The number of thioether (sulfide) groups is 1. The Morgan fingerprint density at radius 1 is 1.69 bits per heavy atom. The molecule has 0 aromatic carbocycles. The van der Waals surface area contributed by atoms with Crippen molar-refractivity contribution in [2.75, 3.05) is 18.2 Å².